The third-order valence-electron chi connectivity index (χ3n) is 3.39. The molecule has 0 amide bonds. The first kappa shape index (κ1) is 11.6. The van der Waals surface area contributed by atoms with Crippen molar-refractivity contribution in [2.75, 3.05) is 13.1 Å². The van der Waals surface area contributed by atoms with Crippen LogP contribution in [0, 0.1) is 6.92 Å². The Kier molecular flexibility index (Phi) is 3.97. The normalized spacial score (nSPS) is 22.2. The molecule has 1 aromatic rings. The lowest BCUT2D eigenvalue weighted by Gasteiger charge is -2.22. The van der Waals surface area contributed by atoms with E-state index in [9.17, 15) is 0 Å². The van der Waals surface area contributed by atoms with Gasteiger partial charge in [-0.1, -0.05) is 36.8 Å². The second kappa shape index (κ2) is 5.46. The smallest absolute Gasteiger partial charge is 0.0320 e. The maximum absolute atomic E-state index is 3.74. The van der Waals surface area contributed by atoms with Crippen LogP contribution >= 0.6 is 0 Å². The number of benzene rings is 1. The van der Waals surface area contributed by atoms with E-state index in [-0.39, 0.29) is 0 Å². The molecule has 0 radical (unpaired) electrons. The van der Waals surface area contributed by atoms with Gasteiger partial charge in [-0.15, -0.1) is 0 Å². The quantitative estimate of drug-likeness (QED) is 0.811. The van der Waals surface area contributed by atoms with Crippen LogP contribution < -0.4 is 10.6 Å². The minimum absolute atomic E-state index is 0.505. The summed E-state index contributed by atoms with van der Waals surface area (Å²) in [5, 5.41) is 7.14. The topological polar surface area (TPSA) is 24.1 Å². The Morgan fingerprint density at radius 3 is 2.69 bits per heavy atom. The van der Waals surface area contributed by atoms with Crippen molar-refractivity contribution < 1.29 is 0 Å². The Labute approximate surface area is 98.4 Å². The average Bonchev–Trinajstić information content (AvgIpc) is 2.80. The number of nitrogens with one attached hydrogen (secondary N) is 2. The Morgan fingerprint density at radius 1 is 1.38 bits per heavy atom. The first-order valence-electron chi connectivity index (χ1n) is 6.33. The highest BCUT2D eigenvalue weighted by atomic mass is 15.0. The average molecular weight is 218 g/mol. The van der Waals surface area contributed by atoms with Crippen molar-refractivity contribution in [3.05, 3.63) is 35.4 Å². The fourth-order valence-electron chi connectivity index (χ4n) is 2.33. The van der Waals surface area contributed by atoms with Crippen LogP contribution in [0.15, 0.2) is 24.3 Å². The molecule has 2 rings (SSSR count). The molecular formula is C14H22N2. The van der Waals surface area contributed by atoms with Crippen molar-refractivity contribution in [1.29, 1.82) is 0 Å². The lowest BCUT2D eigenvalue weighted by molar-refractivity contribution is 0.444. The van der Waals surface area contributed by atoms with Gasteiger partial charge in [0.05, 0.1) is 0 Å². The summed E-state index contributed by atoms with van der Waals surface area (Å²) in [5.41, 5.74) is 2.75. The van der Waals surface area contributed by atoms with E-state index in [2.05, 4.69) is 48.7 Å². The van der Waals surface area contributed by atoms with Gasteiger partial charge in [0, 0.05) is 18.6 Å². The fraction of sp³-hybridized carbons (Fsp3) is 0.571. The number of aryl methyl sites for hydroxylation is 1. The Hall–Kier alpha value is -0.860. The van der Waals surface area contributed by atoms with E-state index in [1.54, 1.807) is 0 Å². The first-order valence-corrected chi connectivity index (χ1v) is 6.33. The van der Waals surface area contributed by atoms with Crippen LogP contribution in [0.2, 0.25) is 0 Å². The van der Waals surface area contributed by atoms with Gasteiger partial charge >= 0.3 is 0 Å². The zero-order chi connectivity index (χ0) is 11.4. The molecule has 0 saturated carbocycles. The summed E-state index contributed by atoms with van der Waals surface area (Å²) in [4.78, 5) is 0. The molecule has 0 bridgehead atoms. The largest absolute Gasteiger partial charge is 0.315 e. The highest BCUT2D eigenvalue weighted by molar-refractivity contribution is 5.24. The van der Waals surface area contributed by atoms with E-state index >= 15 is 0 Å². The molecule has 0 spiro atoms. The molecule has 2 heteroatoms. The lowest BCUT2D eigenvalue weighted by Crippen LogP contribution is -2.34. The number of hydrogen-bond donors (Lipinski definition) is 2. The molecule has 2 nitrogen and oxygen atoms in total. The first-order chi connectivity index (χ1) is 7.79. The van der Waals surface area contributed by atoms with E-state index in [0.717, 1.165) is 19.5 Å². The van der Waals surface area contributed by atoms with E-state index in [4.69, 9.17) is 0 Å². The molecule has 1 fully saturated rings. The van der Waals surface area contributed by atoms with Crippen molar-refractivity contribution >= 4 is 0 Å². The third kappa shape index (κ3) is 2.83. The molecule has 1 aliphatic rings. The van der Waals surface area contributed by atoms with Crippen molar-refractivity contribution in [1.82, 2.24) is 10.6 Å². The third-order valence-corrected chi connectivity index (χ3v) is 3.39. The van der Waals surface area contributed by atoms with Gasteiger partial charge in [-0.05, 0) is 31.9 Å². The molecule has 1 aromatic carbocycles. The summed E-state index contributed by atoms with van der Waals surface area (Å²) in [6.45, 7) is 6.66. The summed E-state index contributed by atoms with van der Waals surface area (Å²) >= 11 is 0. The van der Waals surface area contributed by atoms with Crippen molar-refractivity contribution in [3.63, 3.8) is 0 Å². The lowest BCUT2D eigenvalue weighted by atomic mass is 10.0. The summed E-state index contributed by atoms with van der Waals surface area (Å²) < 4.78 is 0. The zero-order valence-electron chi connectivity index (χ0n) is 10.3. The second-order valence-electron chi connectivity index (χ2n) is 4.73. The van der Waals surface area contributed by atoms with Crippen LogP contribution in [0.4, 0.5) is 0 Å². The molecular weight excluding hydrogens is 196 g/mol. The highest BCUT2D eigenvalue weighted by Gasteiger charge is 2.18. The van der Waals surface area contributed by atoms with Crippen LogP contribution in [-0.4, -0.2) is 19.1 Å². The minimum atomic E-state index is 0.505. The molecule has 0 aromatic heterocycles. The molecule has 1 aliphatic heterocycles. The summed E-state index contributed by atoms with van der Waals surface area (Å²) in [6, 6.07) is 10.0. The molecule has 1 saturated heterocycles. The molecule has 0 aliphatic carbocycles. The predicted octanol–water partition coefficient (Wildman–Crippen LogP) is 2.40. The van der Waals surface area contributed by atoms with Gasteiger partial charge in [0.2, 0.25) is 0 Å². The van der Waals surface area contributed by atoms with Crippen LogP contribution in [-0.2, 0) is 0 Å². The molecule has 88 valence electrons. The van der Waals surface area contributed by atoms with Crippen LogP contribution in [0.3, 0.4) is 0 Å². The van der Waals surface area contributed by atoms with E-state index in [1.807, 2.05) is 0 Å². The monoisotopic (exact) mass is 218 g/mol. The van der Waals surface area contributed by atoms with Gasteiger partial charge in [-0.2, -0.15) is 0 Å². The summed E-state index contributed by atoms with van der Waals surface area (Å²) in [5.74, 6) is 0. The van der Waals surface area contributed by atoms with Crippen LogP contribution in [0.5, 0.6) is 0 Å². The number of rotatable bonds is 4. The molecule has 2 N–H and O–H groups in total. The van der Waals surface area contributed by atoms with Crippen molar-refractivity contribution in [2.24, 2.45) is 0 Å². The minimum Gasteiger partial charge on any atom is -0.315 e. The van der Waals surface area contributed by atoms with Gasteiger partial charge in [-0.3, -0.25) is 0 Å². The van der Waals surface area contributed by atoms with Crippen molar-refractivity contribution in [3.8, 4) is 0 Å². The van der Waals surface area contributed by atoms with Gasteiger partial charge in [0.15, 0.2) is 0 Å². The zero-order valence-corrected chi connectivity index (χ0v) is 10.3. The van der Waals surface area contributed by atoms with Gasteiger partial charge < -0.3 is 10.6 Å². The van der Waals surface area contributed by atoms with Gasteiger partial charge in [0.25, 0.3) is 0 Å². The molecule has 16 heavy (non-hydrogen) atoms. The SMILES string of the molecule is CCC(NC1CCNC1)c1ccc(C)cc1. The predicted molar refractivity (Wildman–Crippen MR) is 68.6 cm³/mol. The number of hydrogen-bond acceptors (Lipinski definition) is 2. The molecule has 1 heterocycles. The van der Waals surface area contributed by atoms with E-state index < -0.39 is 0 Å². The van der Waals surface area contributed by atoms with Crippen LogP contribution in [0.1, 0.15) is 36.9 Å². The van der Waals surface area contributed by atoms with E-state index in [0.29, 0.717) is 12.1 Å². The Balaban J connectivity index is 2.00. The summed E-state index contributed by atoms with van der Waals surface area (Å²) in [6.07, 6.45) is 2.40. The molecule has 2 atom stereocenters. The molecule has 2 unspecified atom stereocenters. The second-order valence-corrected chi connectivity index (χ2v) is 4.73. The van der Waals surface area contributed by atoms with Gasteiger partial charge in [0.1, 0.15) is 0 Å². The standard InChI is InChI=1S/C14H22N2/c1-3-14(16-13-8-9-15-10-13)12-6-4-11(2)5-7-12/h4-7,13-16H,3,8-10H2,1-2H3. The van der Waals surface area contributed by atoms with Crippen LogP contribution in [0.25, 0.3) is 0 Å². The van der Waals surface area contributed by atoms with Crippen molar-refractivity contribution in [2.45, 2.75) is 38.8 Å². The maximum Gasteiger partial charge on any atom is 0.0320 e. The maximum atomic E-state index is 3.74. The highest BCUT2D eigenvalue weighted by Crippen LogP contribution is 2.18. The van der Waals surface area contributed by atoms with Gasteiger partial charge in [-0.25, -0.2) is 0 Å². The van der Waals surface area contributed by atoms with E-state index in [1.165, 1.54) is 17.5 Å². The summed E-state index contributed by atoms with van der Waals surface area (Å²) in [7, 11) is 0. The fourth-order valence-corrected chi connectivity index (χ4v) is 2.33. The Bertz CT molecular complexity index is 312. The Morgan fingerprint density at radius 2 is 2.12 bits per heavy atom.